The molecule has 0 unspecified atom stereocenters. The summed E-state index contributed by atoms with van der Waals surface area (Å²) in [6.07, 6.45) is -4.65. The maximum Gasteiger partial charge on any atom is 0.434 e. The van der Waals surface area contributed by atoms with E-state index in [4.69, 9.17) is 5.11 Å². The fraction of sp³-hybridized carbons (Fsp3) is 0.429. The van der Waals surface area contributed by atoms with E-state index in [0.29, 0.717) is 11.3 Å². The monoisotopic (exact) mass is 225 g/mol. The van der Waals surface area contributed by atoms with Crippen LogP contribution < -0.4 is 0 Å². The fourth-order valence-corrected chi connectivity index (χ4v) is 1.70. The second-order valence-corrected chi connectivity index (χ2v) is 3.58. The summed E-state index contributed by atoms with van der Waals surface area (Å²) in [5.41, 5.74) is -1.21. The van der Waals surface area contributed by atoms with Crippen molar-refractivity contribution >= 4 is 17.1 Å². The highest BCUT2D eigenvalue weighted by atomic mass is 32.1. The lowest BCUT2D eigenvalue weighted by atomic mass is 10.3. The van der Waals surface area contributed by atoms with Crippen LogP contribution in [0, 0.1) is 0 Å². The summed E-state index contributed by atoms with van der Waals surface area (Å²) in [7, 11) is 0. The van der Waals surface area contributed by atoms with Gasteiger partial charge in [-0.15, -0.1) is 11.3 Å². The van der Waals surface area contributed by atoms with Crippen LogP contribution in [0.2, 0.25) is 0 Å². The molecular weight excluding hydrogens is 219 g/mol. The zero-order valence-electron chi connectivity index (χ0n) is 7.05. The van der Waals surface area contributed by atoms with Gasteiger partial charge in [0.25, 0.3) is 0 Å². The zero-order valence-corrected chi connectivity index (χ0v) is 7.87. The number of alkyl halides is 3. The summed E-state index contributed by atoms with van der Waals surface area (Å²) in [6.45, 7) is 0.435. The van der Waals surface area contributed by atoms with Crippen LogP contribution in [-0.2, 0) is 12.8 Å². The highest BCUT2D eigenvalue weighted by molar-refractivity contribution is 7.13. The molecule has 3 nitrogen and oxygen atoms in total. The number of halogens is 3. The molecule has 0 saturated carbocycles. The van der Waals surface area contributed by atoms with Crippen molar-refractivity contribution in [2.45, 2.75) is 19.7 Å². The standard InChI is InChI=1S/C7H6F3NO2S/c1-3(13)5-6(7(8,9)10)11-4(2-12)14-5/h12H,2H2,1H3. The Hall–Kier alpha value is -0.950. The highest BCUT2D eigenvalue weighted by Gasteiger charge is 2.38. The van der Waals surface area contributed by atoms with Crippen molar-refractivity contribution in [2.75, 3.05) is 0 Å². The van der Waals surface area contributed by atoms with Crippen LogP contribution in [0.4, 0.5) is 13.2 Å². The number of aliphatic hydroxyl groups excluding tert-OH is 1. The minimum Gasteiger partial charge on any atom is -0.389 e. The van der Waals surface area contributed by atoms with E-state index in [1.807, 2.05) is 0 Å². The summed E-state index contributed by atoms with van der Waals surface area (Å²) < 4.78 is 36.8. The van der Waals surface area contributed by atoms with Crippen molar-refractivity contribution in [1.82, 2.24) is 4.98 Å². The van der Waals surface area contributed by atoms with Gasteiger partial charge in [-0.2, -0.15) is 13.2 Å². The molecule has 0 atom stereocenters. The van der Waals surface area contributed by atoms with Crippen LogP contribution in [-0.4, -0.2) is 15.9 Å². The Labute approximate surface area is 81.2 Å². The van der Waals surface area contributed by atoms with Crippen LogP contribution in [0.1, 0.15) is 27.3 Å². The van der Waals surface area contributed by atoms with Crippen molar-refractivity contribution in [2.24, 2.45) is 0 Å². The van der Waals surface area contributed by atoms with Crippen molar-refractivity contribution in [3.05, 3.63) is 15.6 Å². The molecule has 1 N–H and O–H groups in total. The predicted molar refractivity (Wildman–Crippen MR) is 43.0 cm³/mol. The van der Waals surface area contributed by atoms with Crippen molar-refractivity contribution in [3.8, 4) is 0 Å². The molecule has 1 rings (SSSR count). The molecule has 0 spiro atoms. The second-order valence-electron chi connectivity index (χ2n) is 2.50. The summed E-state index contributed by atoms with van der Waals surface area (Å²) in [6, 6.07) is 0. The molecule has 7 heteroatoms. The third kappa shape index (κ3) is 2.10. The van der Waals surface area contributed by atoms with Crippen LogP contribution in [0.5, 0.6) is 0 Å². The van der Waals surface area contributed by atoms with Crippen LogP contribution in [0.3, 0.4) is 0 Å². The number of ketones is 1. The van der Waals surface area contributed by atoms with Gasteiger partial charge in [0.1, 0.15) is 9.88 Å². The van der Waals surface area contributed by atoms with E-state index >= 15 is 0 Å². The largest absolute Gasteiger partial charge is 0.434 e. The van der Waals surface area contributed by atoms with E-state index in [2.05, 4.69) is 4.98 Å². The minimum atomic E-state index is -4.65. The Bertz CT molecular complexity index is 358. The number of hydrogen-bond acceptors (Lipinski definition) is 4. The molecule has 0 saturated heterocycles. The number of nitrogens with zero attached hydrogens (tertiary/aromatic N) is 1. The average Bonchev–Trinajstić information content (AvgIpc) is 2.46. The van der Waals surface area contributed by atoms with Gasteiger partial charge in [-0.25, -0.2) is 4.98 Å². The SMILES string of the molecule is CC(=O)c1sc(CO)nc1C(F)(F)F. The third-order valence-corrected chi connectivity index (χ3v) is 2.54. The first kappa shape index (κ1) is 11.1. The Balaban J connectivity index is 3.26. The molecule has 0 amide bonds. The molecular formula is C7H6F3NO2S. The first-order valence-electron chi connectivity index (χ1n) is 3.55. The maximum atomic E-state index is 12.3. The van der Waals surface area contributed by atoms with Crippen LogP contribution >= 0.6 is 11.3 Å². The summed E-state index contributed by atoms with van der Waals surface area (Å²) in [5.74, 6) is -0.700. The Morgan fingerprint density at radius 2 is 2.14 bits per heavy atom. The van der Waals surface area contributed by atoms with Gasteiger partial charge < -0.3 is 5.11 Å². The van der Waals surface area contributed by atoms with Crippen molar-refractivity contribution in [1.29, 1.82) is 0 Å². The van der Waals surface area contributed by atoms with Gasteiger partial charge in [-0.1, -0.05) is 0 Å². The van der Waals surface area contributed by atoms with E-state index in [1.54, 1.807) is 0 Å². The van der Waals surface area contributed by atoms with E-state index in [9.17, 15) is 18.0 Å². The Morgan fingerprint density at radius 1 is 1.57 bits per heavy atom. The molecule has 14 heavy (non-hydrogen) atoms. The van der Waals surface area contributed by atoms with Gasteiger partial charge in [0.05, 0.1) is 6.61 Å². The lowest BCUT2D eigenvalue weighted by Gasteiger charge is -2.02. The van der Waals surface area contributed by atoms with Gasteiger partial charge in [0.2, 0.25) is 0 Å². The molecule has 0 aliphatic rings. The second kappa shape index (κ2) is 3.66. The number of rotatable bonds is 2. The number of aromatic nitrogens is 1. The normalized spacial score (nSPS) is 11.8. The van der Waals surface area contributed by atoms with E-state index in [1.165, 1.54) is 0 Å². The van der Waals surface area contributed by atoms with Gasteiger partial charge in [0, 0.05) is 6.92 Å². The first-order chi connectivity index (χ1) is 6.36. The molecule has 0 aliphatic carbocycles. The predicted octanol–water partition coefficient (Wildman–Crippen LogP) is 1.86. The fourth-order valence-electron chi connectivity index (χ4n) is 0.863. The molecule has 0 fully saturated rings. The summed E-state index contributed by atoms with van der Waals surface area (Å²) in [4.78, 5) is 13.5. The average molecular weight is 225 g/mol. The number of aliphatic hydroxyl groups is 1. The molecule has 0 bridgehead atoms. The number of Topliss-reactive ketones (excluding diaryl/α,β-unsaturated/α-hetero) is 1. The minimum absolute atomic E-state index is 0.109. The molecule has 0 radical (unpaired) electrons. The molecule has 1 aromatic rings. The van der Waals surface area contributed by atoms with E-state index in [0.717, 1.165) is 6.92 Å². The number of carbonyl (C=O) groups excluding carboxylic acids is 1. The van der Waals surface area contributed by atoms with Crippen LogP contribution in [0.15, 0.2) is 0 Å². The topological polar surface area (TPSA) is 50.2 Å². The third-order valence-electron chi connectivity index (χ3n) is 1.39. The molecule has 0 aromatic carbocycles. The lowest BCUT2D eigenvalue weighted by Crippen LogP contribution is -2.10. The maximum absolute atomic E-state index is 12.3. The lowest BCUT2D eigenvalue weighted by molar-refractivity contribution is -0.141. The first-order valence-corrected chi connectivity index (χ1v) is 4.36. The molecule has 1 aromatic heterocycles. The Morgan fingerprint density at radius 3 is 2.43 bits per heavy atom. The Kier molecular flexibility index (Phi) is 2.91. The van der Waals surface area contributed by atoms with Gasteiger partial charge in [-0.05, 0) is 0 Å². The number of carbonyl (C=O) groups is 1. The summed E-state index contributed by atoms with van der Waals surface area (Å²) in [5, 5.41) is 8.48. The van der Waals surface area contributed by atoms with Gasteiger partial charge in [-0.3, -0.25) is 4.79 Å². The molecule has 78 valence electrons. The zero-order chi connectivity index (χ0) is 10.9. The van der Waals surface area contributed by atoms with E-state index < -0.39 is 29.1 Å². The van der Waals surface area contributed by atoms with E-state index in [-0.39, 0.29) is 5.01 Å². The smallest absolute Gasteiger partial charge is 0.389 e. The van der Waals surface area contributed by atoms with Gasteiger partial charge >= 0.3 is 6.18 Å². The highest BCUT2D eigenvalue weighted by Crippen LogP contribution is 2.34. The van der Waals surface area contributed by atoms with Crippen LogP contribution in [0.25, 0.3) is 0 Å². The van der Waals surface area contributed by atoms with Crippen molar-refractivity contribution in [3.63, 3.8) is 0 Å². The van der Waals surface area contributed by atoms with Crippen molar-refractivity contribution < 1.29 is 23.1 Å². The van der Waals surface area contributed by atoms with Gasteiger partial charge in [0.15, 0.2) is 11.5 Å². The number of thiazole rings is 1. The quantitative estimate of drug-likeness (QED) is 0.781. The molecule has 1 heterocycles. The molecule has 0 aliphatic heterocycles. The number of hydrogen-bond donors (Lipinski definition) is 1. The summed E-state index contributed by atoms with van der Waals surface area (Å²) >= 11 is 0.564.